The van der Waals surface area contributed by atoms with Gasteiger partial charge in [0.15, 0.2) is 0 Å². The molecule has 13 nitrogen and oxygen atoms in total. The number of carboxylic acid groups (broad SMARTS) is 3. The van der Waals surface area contributed by atoms with Crippen molar-refractivity contribution >= 4 is 40.7 Å². The van der Waals surface area contributed by atoms with E-state index in [2.05, 4.69) is 32.2 Å². The Morgan fingerprint density at radius 3 is 1.87 bits per heavy atom. The van der Waals surface area contributed by atoms with Gasteiger partial charge in [-0.2, -0.15) is 49.1 Å². The second-order valence-electron chi connectivity index (χ2n) is 10.5. The number of carboxylic acids is 3. The Morgan fingerprint density at radius 2 is 1.37 bits per heavy atom. The third-order valence-electron chi connectivity index (χ3n) is 6.34. The topological polar surface area (TPSA) is 196 Å². The van der Waals surface area contributed by atoms with E-state index in [1.54, 1.807) is 47.4 Å². The quantitative estimate of drug-likeness (QED) is 0.158. The van der Waals surface area contributed by atoms with Crippen LogP contribution in [0.3, 0.4) is 0 Å². The zero-order valence-electron chi connectivity index (χ0n) is 26.2. The smallest absolute Gasteiger partial charge is 0.475 e. The first-order valence-electron chi connectivity index (χ1n) is 14.1. The summed E-state index contributed by atoms with van der Waals surface area (Å²) in [5.74, 6) is -7.53. The van der Waals surface area contributed by atoms with Crippen molar-refractivity contribution in [2.24, 2.45) is 11.7 Å². The maximum Gasteiger partial charge on any atom is 0.490 e. The molecule has 6 N–H and O–H groups in total. The van der Waals surface area contributed by atoms with E-state index < -0.39 is 36.4 Å². The summed E-state index contributed by atoms with van der Waals surface area (Å²) in [5, 5.41) is 29.4. The third-order valence-corrected chi connectivity index (χ3v) is 6.34. The monoisotopic (exact) mass is 759 g/mol. The Balaban J connectivity index is 0.000000365. The standard InChI is InChI=1S/C23H24FN7.3C2HF3O2/c1-15-10-16(25)14-30(13-15)22-8-9-26-12-21(22)28-23-27-11-17-6-7-20(29-31(17)23)18-4-2-3-5-19(18)24;3*3-2(4,5)1(6)7/h2-9,11-12,15-16H,10,13-14,25H2,1H3,(H,27,28);3*(H,6,7)/t15-,16+;;;/m0.../s1. The molecule has 0 spiro atoms. The molecule has 0 amide bonds. The number of hydrogen-bond acceptors (Lipinski definition) is 9. The van der Waals surface area contributed by atoms with E-state index in [-0.39, 0.29) is 11.9 Å². The molecule has 284 valence electrons. The summed E-state index contributed by atoms with van der Waals surface area (Å²) in [6.45, 7) is 3.95. The number of pyridine rings is 1. The van der Waals surface area contributed by atoms with Gasteiger partial charge in [-0.3, -0.25) is 4.98 Å². The number of anilines is 3. The van der Waals surface area contributed by atoms with Crippen molar-refractivity contribution in [1.29, 1.82) is 0 Å². The number of aliphatic carboxylic acids is 3. The minimum atomic E-state index is -5.08. The molecule has 4 aromatic rings. The highest BCUT2D eigenvalue weighted by molar-refractivity contribution is 5.75. The number of alkyl halides is 9. The zero-order chi connectivity index (χ0) is 39.6. The molecule has 1 fully saturated rings. The summed E-state index contributed by atoms with van der Waals surface area (Å²) in [5.41, 5.74) is 9.91. The Hall–Kier alpha value is -5.74. The number of carbonyl (C=O) groups is 3. The lowest BCUT2D eigenvalue weighted by Gasteiger charge is -2.37. The Bertz CT molecular complexity index is 1770. The SMILES string of the molecule is C[C@H]1C[C@@H](N)CN(c2ccncc2Nc2ncc3ccc(-c4ccccc4F)nn23)C1.O=C(O)C(F)(F)F.O=C(O)C(F)(F)F.O=C(O)C(F)(F)F. The summed E-state index contributed by atoms with van der Waals surface area (Å²) in [4.78, 5) is 37.8. The number of halogens is 10. The van der Waals surface area contributed by atoms with Crippen LogP contribution in [-0.2, 0) is 14.4 Å². The van der Waals surface area contributed by atoms with E-state index >= 15 is 0 Å². The highest BCUT2D eigenvalue weighted by Crippen LogP contribution is 2.31. The van der Waals surface area contributed by atoms with Crippen molar-refractivity contribution in [3.05, 3.63) is 66.9 Å². The van der Waals surface area contributed by atoms with Gasteiger partial charge >= 0.3 is 36.4 Å². The normalized spacial score (nSPS) is 15.9. The lowest BCUT2D eigenvalue weighted by molar-refractivity contribution is -0.193. The number of nitrogens with two attached hydrogens (primary N) is 1. The van der Waals surface area contributed by atoms with Crippen molar-refractivity contribution in [2.75, 3.05) is 23.3 Å². The average Bonchev–Trinajstić information content (AvgIpc) is 3.42. The molecular formula is C29H27F10N7O6. The van der Waals surface area contributed by atoms with Gasteiger partial charge in [-0.1, -0.05) is 19.1 Å². The predicted octanol–water partition coefficient (Wildman–Crippen LogP) is 5.75. The zero-order valence-corrected chi connectivity index (χ0v) is 26.2. The van der Waals surface area contributed by atoms with Crippen LogP contribution in [0.15, 0.2) is 61.1 Å². The number of nitrogens with zero attached hydrogens (tertiary/aromatic N) is 5. The number of piperidine rings is 1. The van der Waals surface area contributed by atoms with Gasteiger partial charge in [-0.25, -0.2) is 23.8 Å². The van der Waals surface area contributed by atoms with Gasteiger partial charge in [0.05, 0.1) is 35.0 Å². The molecule has 1 aliphatic rings. The van der Waals surface area contributed by atoms with Crippen molar-refractivity contribution in [1.82, 2.24) is 19.6 Å². The number of imidazole rings is 1. The maximum atomic E-state index is 14.3. The fourth-order valence-electron chi connectivity index (χ4n) is 4.26. The van der Waals surface area contributed by atoms with Gasteiger partial charge in [0.25, 0.3) is 0 Å². The van der Waals surface area contributed by atoms with Crippen LogP contribution in [0.5, 0.6) is 0 Å². The molecule has 0 bridgehead atoms. The van der Waals surface area contributed by atoms with Gasteiger partial charge in [0, 0.05) is 30.9 Å². The van der Waals surface area contributed by atoms with E-state index in [4.69, 9.17) is 35.4 Å². The van der Waals surface area contributed by atoms with Gasteiger partial charge < -0.3 is 31.3 Å². The van der Waals surface area contributed by atoms with E-state index in [0.29, 0.717) is 23.1 Å². The van der Waals surface area contributed by atoms with Gasteiger partial charge in [0.1, 0.15) is 5.82 Å². The number of fused-ring (bicyclic) bond motifs is 1. The predicted molar refractivity (Wildman–Crippen MR) is 161 cm³/mol. The second kappa shape index (κ2) is 17.5. The van der Waals surface area contributed by atoms with Gasteiger partial charge in [0.2, 0.25) is 5.95 Å². The van der Waals surface area contributed by atoms with E-state index in [1.165, 1.54) is 6.07 Å². The van der Waals surface area contributed by atoms with Gasteiger partial charge in [-0.05, 0) is 42.7 Å². The third kappa shape index (κ3) is 12.9. The summed E-state index contributed by atoms with van der Waals surface area (Å²) in [7, 11) is 0. The largest absolute Gasteiger partial charge is 0.490 e. The van der Waals surface area contributed by atoms with Crippen molar-refractivity contribution in [3.63, 3.8) is 0 Å². The van der Waals surface area contributed by atoms with Crippen LogP contribution in [-0.4, -0.2) is 90.5 Å². The van der Waals surface area contributed by atoms with Crippen LogP contribution in [0.1, 0.15) is 13.3 Å². The van der Waals surface area contributed by atoms with Crippen molar-refractivity contribution in [3.8, 4) is 11.3 Å². The molecule has 1 aromatic carbocycles. The number of aromatic nitrogens is 4. The lowest BCUT2D eigenvalue weighted by Crippen LogP contribution is -2.46. The van der Waals surface area contributed by atoms with Crippen LogP contribution in [0.2, 0.25) is 0 Å². The molecule has 23 heteroatoms. The first-order valence-corrected chi connectivity index (χ1v) is 14.1. The molecule has 0 unspecified atom stereocenters. The molecule has 5 rings (SSSR count). The summed E-state index contributed by atoms with van der Waals surface area (Å²) in [6.07, 6.45) is -8.93. The average molecular weight is 760 g/mol. The van der Waals surface area contributed by atoms with E-state index in [1.807, 2.05) is 12.1 Å². The molecule has 1 saturated heterocycles. The maximum absolute atomic E-state index is 14.3. The molecule has 0 saturated carbocycles. The number of rotatable bonds is 4. The van der Waals surface area contributed by atoms with E-state index in [0.717, 1.165) is 36.4 Å². The Labute approximate surface area is 285 Å². The highest BCUT2D eigenvalue weighted by atomic mass is 19.4. The highest BCUT2D eigenvalue weighted by Gasteiger charge is 2.39. The van der Waals surface area contributed by atoms with Crippen molar-refractivity contribution in [2.45, 2.75) is 37.9 Å². The Morgan fingerprint density at radius 1 is 0.827 bits per heavy atom. The first kappa shape index (κ1) is 42.4. The minimum absolute atomic E-state index is 0.141. The number of nitrogens with one attached hydrogen (secondary N) is 1. The molecule has 0 aliphatic carbocycles. The first-order chi connectivity index (χ1) is 23.9. The lowest BCUT2D eigenvalue weighted by atomic mass is 9.96. The molecule has 52 heavy (non-hydrogen) atoms. The molecule has 0 radical (unpaired) electrons. The molecular weight excluding hydrogens is 732 g/mol. The number of hydrogen-bond donors (Lipinski definition) is 5. The van der Waals surface area contributed by atoms with E-state index in [9.17, 15) is 43.9 Å². The van der Waals surface area contributed by atoms with Crippen molar-refractivity contribution < 1.29 is 73.6 Å². The fraction of sp³-hybridized carbons (Fsp3) is 0.310. The summed E-state index contributed by atoms with van der Waals surface area (Å²) < 4.78 is 111. The minimum Gasteiger partial charge on any atom is -0.475 e. The molecule has 1 aliphatic heterocycles. The molecule has 4 heterocycles. The van der Waals surface area contributed by atoms with Crippen LogP contribution in [0.25, 0.3) is 16.8 Å². The fourth-order valence-corrected chi connectivity index (χ4v) is 4.26. The Kier molecular flexibility index (Phi) is 14.2. The van der Waals surface area contributed by atoms with Crippen LogP contribution >= 0.6 is 0 Å². The summed E-state index contributed by atoms with van der Waals surface area (Å²) in [6, 6.07) is 12.4. The van der Waals surface area contributed by atoms with Crippen LogP contribution in [0, 0.1) is 11.7 Å². The molecule has 3 aromatic heterocycles. The molecule has 2 atom stereocenters. The van der Waals surface area contributed by atoms with Crippen LogP contribution in [0.4, 0.5) is 61.2 Å². The van der Waals surface area contributed by atoms with Crippen LogP contribution < -0.4 is 16.0 Å². The second-order valence-corrected chi connectivity index (χ2v) is 10.5. The van der Waals surface area contributed by atoms with Gasteiger partial charge in [-0.15, -0.1) is 0 Å². The summed E-state index contributed by atoms with van der Waals surface area (Å²) >= 11 is 0. The number of benzene rings is 1.